The molecule has 0 atom stereocenters. The summed E-state index contributed by atoms with van der Waals surface area (Å²) in [6.45, 7) is 3.61. The number of nitrogens with zero attached hydrogens (tertiary/aromatic N) is 2. The van der Waals surface area contributed by atoms with Gasteiger partial charge in [0, 0.05) is 19.7 Å². The van der Waals surface area contributed by atoms with Gasteiger partial charge in [-0.25, -0.2) is 12.8 Å². The summed E-state index contributed by atoms with van der Waals surface area (Å²) in [5.74, 6) is -1.18. The third kappa shape index (κ3) is 4.15. The van der Waals surface area contributed by atoms with E-state index in [2.05, 4.69) is 0 Å². The topological polar surface area (TPSA) is 79.9 Å². The maximum absolute atomic E-state index is 14.1. The fourth-order valence-electron chi connectivity index (χ4n) is 2.58. The molecule has 0 aliphatic heterocycles. The molecule has 25 heavy (non-hydrogen) atoms. The minimum atomic E-state index is -3.48. The number of ketones is 1. The molecule has 2 rings (SSSR count). The number of aryl methyl sites for hydroxylation is 1. The number of Topliss-reactive ketones (excluding diaryl/α,β-unsaturated/α-hetero) is 1. The molecule has 0 fully saturated rings. The highest BCUT2D eigenvalue weighted by molar-refractivity contribution is 7.91. The van der Waals surface area contributed by atoms with Gasteiger partial charge in [-0.3, -0.25) is 4.79 Å². The smallest absolute Gasteiger partial charge is 0.183 e. The van der Waals surface area contributed by atoms with E-state index in [1.165, 1.54) is 35.0 Å². The summed E-state index contributed by atoms with van der Waals surface area (Å²) in [7, 11) is -1.90. The van der Waals surface area contributed by atoms with Crippen LogP contribution in [0.5, 0.6) is 0 Å². The van der Waals surface area contributed by atoms with Crippen LogP contribution in [0.15, 0.2) is 35.4 Å². The van der Waals surface area contributed by atoms with Crippen LogP contribution in [0.1, 0.15) is 35.5 Å². The molecule has 0 N–H and O–H groups in total. The van der Waals surface area contributed by atoms with Crippen LogP contribution in [-0.4, -0.2) is 24.5 Å². The van der Waals surface area contributed by atoms with E-state index < -0.39 is 21.4 Å². The molecule has 132 valence electrons. The highest BCUT2D eigenvalue weighted by atomic mass is 32.2. The van der Waals surface area contributed by atoms with Crippen LogP contribution in [0.4, 0.5) is 4.39 Å². The third-order valence-electron chi connectivity index (χ3n) is 3.73. The molecular formula is C18H19FN2O3S. The number of carbonyl (C=O) groups excluding carboxylic acids is 1. The highest BCUT2D eigenvalue weighted by Crippen LogP contribution is 2.20. The first-order valence-corrected chi connectivity index (χ1v) is 9.40. The van der Waals surface area contributed by atoms with Crippen LogP contribution in [0.3, 0.4) is 0 Å². The second-order valence-electron chi connectivity index (χ2n) is 6.34. The number of hydrogen-bond donors (Lipinski definition) is 0. The van der Waals surface area contributed by atoms with Gasteiger partial charge in [0.15, 0.2) is 15.6 Å². The van der Waals surface area contributed by atoms with Crippen LogP contribution in [0, 0.1) is 23.1 Å². The van der Waals surface area contributed by atoms with Gasteiger partial charge in [0.1, 0.15) is 11.9 Å². The minimum Gasteiger partial charge on any atom is -0.347 e. The minimum absolute atomic E-state index is 0.0104. The van der Waals surface area contributed by atoms with Gasteiger partial charge in [0.05, 0.1) is 21.9 Å². The molecule has 0 unspecified atom stereocenters. The Morgan fingerprint density at radius 1 is 1.36 bits per heavy atom. The second-order valence-corrected chi connectivity index (χ2v) is 8.37. The standard InChI is InChI=1S/C18H19FN2O3S/c1-12(2)11-25(23,24)15-8-16(21(3)10-15)17(22)7-13-5-4-6-14(9-20)18(13)19/h4-6,8,10,12H,7,11H2,1-3H3. The van der Waals surface area contributed by atoms with Crippen molar-refractivity contribution in [2.45, 2.75) is 25.2 Å². The zero-order valence-corrected chi connectivity index (χ0v) is 15.1. The Kier molecular flexibility index (Phi) is 5.43. The molecule has 0 bridgehead atoms. The molecule has 2 aromatic rings. The van der Waals surface area contributed by atoms with Crippen LogP contribution in [0.2, 0.25) is 0 Å². The fourth-order valence-corrected chi connectivity index (χ4v) is 4.26. The van der Waals surface area contributed by atoms with Gasteiger partial charge in [0.2, 0.25) is 0 Å². The van der Waals surface area contributed by atoms with Gasteiger partial charge in [-0.1, -0.05) is 26.0 Å². The zero-order chi connectivity index (χ0) is 18.8. The number of halogens is 1. The van der Waals surface area contributed by atoms with Crippen molar-refractivity contribution in [1.82, 2.24) is 4.57 Å². The molecule has 5 nitrogen and oxygen atoms in total. The monoisotopic (exact) mass is 362 g/mol. The predicted octanol–water partition coefficient (Wildman–Crippen LogP) is 2.89. The first kappa shape index (κ1) is 18.9. The second kappa shape index (κ2) is 7.19. The summed E-state index contributed by atoms with van der Waals surface area (Å²) in [5.41, 5.74) is 0.165. The molecule has 7 heteroatoms. The van der Waals surface area contributed by atoms with Crippen molar-refractivity contribution in [3.05, 3.63) is 53.1 Å². The van der Waals surface area contributed by atoms with Gasteiger partial charge < -0.3 is 4.57 Å². The first-order chi connectivity index (χ1) is 11.7. The number of carbonyl (C=O) groups is 1. The molecule has 1 aromatic carbocycles. The normalized spacial score (nSPS) is 11.5. The lowest BCUT2D eigenvalue weighted by Crippen LogP contribution is -2.11. The van der Waals surface area contributed by atoms with Crippen molar-refractivity contribution in [3.63, 3.8) is 0 Å². The van der Waals surface area contributed by atoms with Crippen molar-refractivity contribution in [2.75, 3.05) is 5.75 Å². The van der Waals surface area contributed by atoms with E-state index >= 15 is 0 Å². The predicted molar refractivity (Wildman–Crippen MR) is 91.5 cm³/mol. The van der Waals surface area contributed by atoms with E-state index in [-0.39, 0.29) is 39.8 Å². The Hall–Kier alpha value is -2.46. The Bertz CT molecular complexity index is 953. The Morgan fingerprint density at radius 2 is 2.04 bits per heavy atom. The lowest BCUT2D eigenvalue weighted by Gasteiger charge is -2.05. The number of rotatable bonds is 6. The first-order valence-electron chi connectivity index (χ1n) is 7.75. The van der Waals surface area contributed by atoms with Crippen molar-refractivity contribution in [2.24, 2.45) is 13.0 Å². The van der Waals surface area contributed by atoms with Gasteiger partial charge in [-0.05, 0) is 23.6 Å². The van der Waals surface area contributed by atoms with Crippen molar-refractivity contribution < 1.29 is 17.6 Å². The molecule has 0 aliphatic carbocycles. The highest BCUT2D eigenvalue weighted by Gasteiger charge is 2.22. The average Bonchev–Trinajstić information content (AvgIpc) is 2.91. The number of aromatic nitrogens is 1. The van der Waals surface area contributed by atoms with Crippen LogP contribution in [-0.2, 0) is 23.3 Å². The van der Waals surface area contributed by atoms with Crippen LogP contribution >= 0.6 is 0 Å². The Labute approximate surface area is 146 Å². The zero-order valence-electron chi connectivity index (χ0n) is 14.3. The summed E-state index contributed by atoms with van der Waals surface area (Å²) in [4.78, 5) is 12.6. The average molecular weight is 362 g/mol. The van der Waals surface area contributed by atoms with Gasteiger partial charge >= 0.3 is 0 Å². The van der Waals surface area contributed by atoms with E-state index in [4.69, 9.17) is 5.26 Å². The molecular weight excluding hydrogens is 343 g/mol. The molecule has 1 aromatic heterocycles. The molecule has 0 aliphatic rings. The molecule has 1 heterocycles. The van der Waals surface area contributed by atoms with E-state index in [9.17, 15) is 17.6 Å². The molecule has 0 saturated carbocycles. The lowest BCUT2D eigenvalue weighted by molar-refractivity contribution is 0.0984. The van der Waals surface area contributed by atoms with Crippen LogP contribution < -0.4 is 0 Å². The summed E-state index contributed by atoms with van der Waals surface area (Å²) in [6, 6.07) is 7.34. The quantitative estimate of drug-likeness (QED) is 0.740. The van der Waals surface area contributed by atoms with Crippen molar-refractivity contribution in [3.8, 4) is 6.07 Å². The largest absolute Gasteiger partial charge is 0.347 e. The molecule has 0 saturated heterocycles. The van der Waals surface area contributed by atoms with E-state index in [1.807, 2.05) is 0 Å². The fraction of sp³-hybridized carbons (Fsp3) is 0.333. The molecule has 0 radical (unpaired) electrons. The molecule has 0 spiro atoms. The van der Waals surface area contributed by atoms with Crippen LogP contribution in [0.25, 0.3) is 0 Å². The summed E-state index contributed by atoms with van der Waals surface area (Å²) in [6.07, 6.45) is 1.15. The molecule has 0 amide bonds. The third-order valence-corrected chi connectivity index (χ3v) is 5.77. The van der Waals surface area contributed by atoms with Gasteiger partial charge in [-0.15, -0.1) is 0 Å². The van der Waals surface area contributed by atoms with E-state index in [1.54, 1.807) is 27.0 Å². The summed E-state index contributed by atoms with van der Waals surface area (Å²) >= 11 is 0. The number of hydrogen-bond acceptors (Lipinski definition) is 4. The number of sulfone groups is 1. The maximum Gasteiger partial charge on any atom is 0.183 e. The van der Waals surface area contributed by atoms with Gasteiger partial charge in [-0.2, -0.15) is 5.26 Å². The Balaban J connectivity index is 2.32. The van der Waals surface area contributed by atoms with E-state index in [0.29, 0.717) is 0 Å². The maximum atomic E-state index is 14.1. The number of benzene rings is 1. The van der Waals surface area contributed by atoms with Gasteiger partial charge in [0.25, 0.3) is 0 Å². The van der Waals surface area contributed by atoms with Crippen molar-refractivity contribution >= 4 is 15.6 Å². The summed E-state index contributed by atoms with van der Waals surface area (Å²) in [5, 5.41) is 8.86. The SMILES string of the molecule is CC(C)CS(=O)(=O)c1cc(C(=O)Cc2cccc(C#N)c2F)n(C)c1. The number of nitriles is 1. The summed E-state index contributed by atoms with van der Waals surface area (Å²) < 4.78 is 40.2. The van der Waals surface area contributed by atoms with E-state index in [0.717, 1.165) is 0 Å². The Morgan fingerprint density at radius 3 is 2.64 bits per heavy atom. The van der Waals surface area contributed by atoms with Crippen molar-refractivity contribution in [1.29, 1.82) is 5.26 Å². The lowest BCUT2D eigenvalue weighted by atomic mass is 10.0.